The maximum Gasteiger partial charge on any atom is 0.235 e. The first-order valence-electron chi connectivity index (χ1n) is 8.72. The number of furan rings is 1. The van der Waals surface area contributed by atoms with Gasteiger partial charge in [-0.1, -0.05) is 35.5 Å². The van der Waals surface area contributed by atoms with Gasteiger partial charge in [0.1, 0.15) is 5.82 Å². The van der Waals surface area contributed by atoms with Crippen molar-refractivity contribution in [2.75, 3.05) is 11.1 Å². The highest BCUT2D eigenvalue weighted by Crippen LogP contribution is 2.23. The zero-order chi connectivity index (χ0) is 20.2. The molecule has 0 atom stereocenters. The van der Waals surface area contributed by atoms with Gasteiger partial charge < -0.3 is 14.3 Å². The molecule has 29 heavy (non-hydrogen) atoms. The lowest BCUT2D eigenvalue weighted by Gasteiger charge is -2.09. The van der Waals surface area contributed by atoms with Crippen molar-refractivity contribution in [1.29, 1.82) is 0 Å². The van der Waals surface area contributed by atoms with Crippen molar-refractivity contribution in [2.45, 2.75) is 11.7 Å². The van der Waals surface area contributed by atoms with E-state index in [9.17, 15) is 4.79 Å². The van der Waals surface area contributed by atoms with Crippen LogP contribution in [-0.2, 0) is 18.4 Å². The quantitative estimate of drug-likeness (QED) is 0.451. The summed E-state index contributed by atoms with van der Waals surface area (Å²) >= 11 is 7.33. The maximum atomic E-state index is 12.4. The highest BCUT2D eigenvalue weighted by Gasteiger charge is 2.15. The van der Waals surface area contributed by atoms with Gasteiger partial charge in [-0.15, -0.1) is 10.2 Å². The molecule has 0 aliphatic carbocycles. The largest absolute Gasteiger partial charge is 0.461 e. The molecule has 0 unspecified atom stereocenters. The van der Waals surface area contributed by atoms with Crippen LogP contribution >= 0.6 is 23.4 Å². The molecule has 0 bridgehead atoms. The molecule has 3 heterocycles. The molecule has 4 rings (SSSR count). The summed E-state index contributed by atoms with van der Waals surface area (Å²) in [6.07, 6.45) is 3.22. The summed E-state index contributed by atoms with van der Waals surface area (Å²) in [5, 5.41) is 16.7. The lowest BCUT2D eigenvalue weighted by molar-refractivity contribution is -0.113. The zero-order valence-electron chi connectivity index (χ0n) is 15.4. The summed E-state index contributed by atoms with van der Waals surface area (Å²) < 4.78 is 8.85. The minimum atomic E-state index is -0.162. The highest BCUT2D eigenvalue weighted by atomic mass is 35.5. The average molecular weight is 429 g/mol. The van der Waals surface area contributed by atoms with Crippen LogP contribution in [0.3, 0.4) is 0 Å². The Labute approximate surface area is 175 Å². The van der Waals surface area contributed by atoms with Gasteiger partial charge in [-0.25, -0.2) is 4.68 Å². The Morgan fingerprint density at radius 1 is 1.24 bits per heavy atom. The Bertz CT molecular complexity index is 1120. The molecule has 3 aromatic heterocycles. The fourth-order valence-electron chi connectivity index (χ4n) is 2.74. The van der Waals surface area contributed by atoms with E-state index < -0.39 is 0 Å². The highest BCUT2D eigenvalue weighted by molar-refractivity contribution is 7.99. The van der Waals surface area contributed by atoms with Gasteiger partial charge in [-0.2, -0.15) is 5.10 Å². The molecule has 0 fully saturated rings. The number of nitrogens with zero attached hydrogens (tertiary/aromatic N) is 5. The molecule has 1 amide bonds. The third kappa shape index (κ3) is 4.52. The van der Waals surface area contributed by atoms with Gasteiger partial charge in [-0.05, 0) is 29.8 Å². The second-order valence-electron chi connectivity index (χ2n) is 6.18. The molecule has 0 aliphatic rings. The Hall–Kier alpha value is -3.04. The average Bonchev–Trinajstić information content (AvgIpc) is 3.43. The van der Waals surface area contributed by atoms with Crippen molar-refractivity contribution in [3.8, 4) is 11.6 Å². The van der Waals surface area contributed by atoms with E-state index in [0.717, 1.165) is 5.56 Å². The topological polar surface area (TPSA) is 90.8 Å². The van der Waals surface area contributed by atoms with Crippen LogP contribution < -0.4 is 5.32 Å². The lowest BCUT2D eigenvalue weighted by Crippen LogP contribution is -2.18. The molecular weight excluding hydrogens is 412 g/mol. The van der Waals surface area contributed by atoms with Crippen LogP contribution in [0, 0.1) is 0 Å². The van der Waals surface area contributed by atoms with E-state index in [1.54, 1.807) is 33.8 Å². The molecule has 0 saturated heterocycles. The van der Waals surface area contributed by atoms with Gasteiger partial charge in [0.15, 0.2) is 16.7 Å². The Kier molecular flexibility index (Phi) is 5.68. The number of carbonyl (C=O) groups is 1. The van der Waals surface area contributed by atoms with E-state index in [1.807, 2.05) is 37.4 Å². The van der Waals surface area contributed by atoms with Gasteiger partial charge in [0.25, 0.3) is 0 Å². The summed E-state index contributed by atoms with van der Waals surface area (Å²) in [5.74, 6) is 1.88. The zero-order valence-corrected chi connectivity index (χ0v) is 17.0. The van der Waals surface area contributed by atoms with E-state index in [1.165, 1.54) is 11.8 Å². The summed E-state index contributed by atoms with van der Waals surface area (Å²) in [6.45, 7) is 0.506. The number of aromatic nitrogens is 5. The number of halogens is 1. The first-order chi connectivity index (χ1) is 14.1. The number of hydrogen-bond acceptors (Lipinski definition) is 6. The molecule has 0 spiro atoms. The molecule has 0 aliphatic heterocycles. The normalized spacial score (nSPS) is 11.0. The first-order valence-corrected chi connectivity index (χ1v) is 10.1. The Morgan fingerprint density at radius 2 is 2.14 bits per heavy atom. The van der Waals surface area contributed by atoms with Crippen LogP contribution in [0.25, 0.3) is 11.6 Å². The number of carbonyl (C=O) groups excluding carboxylic acids is 1. The molecule has 4 aromatic rings. The summed E-state index contributed by atoms with van der Waals surface area (Å²) in [4.78, 5) is 12.4. The predicted molar refractivity (Wildman–Crippen MR) is 111 cm³/mol. The van der Waals surface area contributed by atoms with Crippen LogP contribution in [0.5, 0.6) is 0 Å². The molecule has 1 aromatic carbocycles. The SMILES string of the molecule is Cn1c(SCC(=O)Nc2ccnn2Cc2cccc(Cl)c2)nnc1-c1ccco1. The smallest absolute Gasteiger partial charge is 0.235 e. The summed E-state index contributed by atoms with van der Waals surface area (Å²) in [5.41, 5.74) is 0.996. The fraction of sp³-hybridized carbons (Fsp3) is 0.158. The fourth-order valence-corrected chi connectivity index (χ4v) is 3.67. The van der Waals surface area contributed by atoms with Crippen LogP contribution in [-0.4, -0.2) is 36.2 Å². The lowest BCUT2D eigenvalue weighted by atomic mass is 10.2. The summed E-state index contributed by atoms with van der Waals surface area (Å²) in [7, 11) is 1.83. The van der Waals surface area contributed by atoms with Gasteiger partial charge in [0.05, 0.1) is 24.8 Å². The minimum absolute atomic E-state index is 0.162. The number of nitrogens with one attached hydrogen (secondary N) is 1. The first kappa shape index (κ1) is 19.3. The molecular formula is C19H17ClN6O2S. The number of benzene rings is 1. The van der Waals surface area contributed by atoms with Gasteiger partial charge in [0.2, 0.25) is 5.91 Å². The van der Waals surface area contributed by atoms with Crippen LogP contribution in [0.2, 0.25) is 5.02 Å². The monoisotopic (exact) mass is 428 g/mol. The Balaban J connectivity index is 1.37. The molecule has 10 heteroatoms. The van der Waals surface area contributed by atoms with Crippen molar-refractivity contribution in [1.82, 2.24) is 24.5 Å². The van der Waals surface area contributed by atoms with E-state index in [0.29, 0.717) is 34.1 Å². The number of amides is 1. The third-order valence-corrected chi connectivity index (χ3v) is 5.37. The van der Waals surface area contributed by atoms with Crippen molar-refractivity contribution in [3.63, 3.8) is 0 Å². The van der Waals surface area contributed by atoms with Crippen molar-refractivity contribution >= 4 is 35.1 Å². The van der Waals surface area contributed by atoms with E-state index >= 15 is 0 Å². The minimum Gasteiger partial charge on any atom is -0.461 e. The standard InChI is InChI=1S/C19H17ClN6O2S/c1-25-18(15-6-3-9-28-15)23-24-19(25)29-12-17(27)22-16-7-8-21-26(16)11-13-4-2-5-14(20)10-13/h2-10H,11-12H2,1H3,(H,22,27). The van der Waals surface area contributed by atoms with Gasteiger partial charge in [0, 0.05) is 18.1 Å². The van der Waals surface area contributed by atoms with Gasteiger partial charge in [-0.3, -0.25) is 4.79 Å². The van der Waals surface area contributed by atoms with E-state index in [2.05, 4.69) is 20.6 Å². The van der Waals surface area contributed by atoms with E-state index in [4.69, 9.17) is 16.0 Å². The number of rotatable bonds is 7. The number of hydrogen-bond donors (Lipinski definition) is 1. The summed E-state index contributed by atoms with van der Waals surface area (Å²) in [6, 6.07) is 12.9. The number of anilines is 1. The van der Waals surface area contributed by atoms with Crippen LogP contribution in [0.15, 0.2) is 64.5 Å². The van der Waals surface area contributed by atoms with Crippen molar-refractivity contribution in [3.05, 3.63) is 65.5 Å². The Morgan fingerprint density at radius 3 is 2.93 bits per heavy atom. The molecule has 0 radical (unpaired) electrons. The number of thioether (sulfide) groups is 1. The second-order valence-corrected chi connectivity index (χ2v) is 7.56. The van der Waals surface area contributed by atoms with Crippen molar-refractivity contribution < 1.29 is 9.21 Å². The molecule has 148 valence electrons. The maximum absolute atomic E-state index is 12.4. The van der Waals surface area contributed by atoms with Gasteiger partial charge >= 0.3 is 0 Å². The predicted octanol–water partition coefficient (Wildman–Crippen LogP) is 3.70. The van der Waals surface area contributed by atoms with Crippen LogP contribution in [0.4, 0.5) is 5.82 Å². The second kappa shape index (κ2) is 8.54. The molecule has 8 nitrogen and oxygen atoms in total. The molecule has 0 saturated carbocycles. The third-order valence-electron chi connectivity index (χ3n) is 4.11. The molecule has 1 N–H and O–H groups in total. The van der Waals surface area contributed by atoms with E-state index in [-0.39, 0.29) is 11.7 Å². The van der Waals surface area contributed by atoms with Crippen molar-refractivity contribution in [2.24, 2.45) is 7.05 Å². The van der Waals surface area contributed by atoms with Crippen LogP contribution in [0.1, 0.15) is 5.56 Å².